The molecule has 2 aromatic carbocycles. The number of carbonyl (C=O) groups excluding carboxylic acids is 3. The lowest BCUT2D eigenvalue weighted by atomic mass is 10.1. The Hall–Kier alpha value is -3.35. The zero-order valence-electron chi connectivity index (χ0n) is 16.1. The van der Waals surface area contributed by atoms with Gasteiger partial charge >= 0.3 is 6.03 Å². The number of amides is 4. The largest absolute Gasteiger partial charge is 0.508 e. The normalized spacial score (nSPS) is 16.0. The van der Waals surface area contributed by atoms with Crippen LogP contribution in [0.5, 0.6) is 5.75 Å². The van der Waals surface area contributed by atoms with Crippen molar-refractivity contribution in [3.8, 4) is 5.75 Å². The maximum atomic E-state index is 12.5. The van der Waals surface area contributed by atoms with Gasteiger partial charge in [-0.3, -0.25) is 14.5 Å². The van der Waals surface area contributed by atoms with E-state index in [1.54, 1.807) is 24.3 Å². The van der Waals surface area contributed by atoms with Gasteiger partial charge < -0.3 is 15.7 Å². The van der Waals surface area contributed by atoms with E-state index in [-0.39, 0.29) is 30.4 Å². The van der Waals surface area contributed by atoms with Crippen molar-refractivity contribution in [2.24, 2.45) is 0 Å². The number of nitrogens with zero attached hydrogens (tertiary/aromatic N) is 1. The van der Waals surface area contributed by atoms with Crippen LogP contribution >= 0.6 is 0 Å². The standard InChI is InChI=1S/C22H25N3O4/c26-18-8-6-17(7-9-18)12-14-23-20(27)11-10-19-21(28)25(22(29)24-19)15-13-16-4-2-1-3-5-16/h1-9,19,26H,10-15H2,(H,23,27)(H,24,29). The Morgan fingerprint density at radius 3 is 2.41 bits per heavy atom. The monoisotopic (exact) mass is 395 g/mol. The summed E-state index contributed by atoms with van der Waals surface area (Å²) in [5.41, 5.74) is 2.07. The van der Waals surface area contributed by atoms with Crippen LogP contribution in [0, 0.1) is 0 Å². The quantitative estimate of drug-likeness (QED) is 0.566. The van der Waals surface area contributed by atoms with Gasteiger partial charge in [0.05, 0.1) is 0 Å². The number of rotatable bonds is 9. The molecule has 152 valence electrons. The Bertz CT molecular complexity index is 852. The summed E-state index contributed by atoms with van der Waals surface area (Å²) in [6.07, 6.45) is 1.69. The average Bonchev–Trinajstić information content (AvgIpc) is 3.00. The van der Waals surface area contributed by atoms with Crippen LogP contribution in [-0.4, -0.2) is 47.0 Å². The minimum atomic E-state index is -0.652. The van der Waals surface area contributed by atoms with Crippen molar-refractivity contribution < 1.29 is 19.5 Å². The van der Waals surface area contributed by atoms with Crippen LogP contribution < -0.4 is 10.6 Å². The number of hydrogen-bond donors (Lipinski definition) is 3. The molecule has 1 saturated heterocycles. The highest BCUT2D eigenvalue weighted by molar-refractivity contribution is 6.04. The summed E-state index contributed by atoms with van der Waals surface area (Å²) in [4.78, 5) is 37.8. The van der Waals surface area contributed by atoms with E-state index < -0.39 is 12.1 Å². The summed E-state index contributed by atoms with van der Waals surface area (Å²) in [7, 11) is 0. The lowest BCUT2D eigenvalue weighted by Gasteiger charge is -2.13. The molecule has 4 amide bonds. The first-order chi connectivity index (χ1) is 14.0. The van der Waals surface area contributed by atoms with E-state index in [1.807, 2.05) is 30.3 Å². The van der Waals surface area contributed by atoms with Gasteiger partial charge in [-0.25, -0.2) is 4.79 Å². The summed E-state index contributed by atoms with van der Waals surface area (Å²) >= 11 is 0. The molecule has 7 nitrogen and oxygen atoms in total. The lowest BCUT2D eigenvalue weighted by molar-refractivity contribution is -0.127. The molecule has 1 fully saturated rings. The maximum absolute atomic E-state index is 12.5. The molecular weight excluding hydrogens is 370 g/mol. The third-order valence-electron chi connectivity index (χ3n) is 4.91. The van der Waals surface area contributed by atoms with E-state index >= 15 is 0 Å². The van der Waals surface area contributed by atoms with Crippen molar-refractivity contribution >= 4 is 17.8 Å². The Kier molecular flexibility index (Phi) is 6.84. The van der Waals surface area contributed by atoms with E-state index in [9.17, 15) is 19.5 Å². The second kappa shape index (κ2) is 9.73. The van der Waals surface area contributed by atoms with Gasteiger partial charge in [-0.2, -0.15) is 0 Å². The van der Waals surface area contributed by atoms with E-state index in [2.05, 4.69) is 10.6 Å². The van der Waals surface area contributed by atoms with Crippen LogP contribution in [0.4, 0.5) is 4.79 Å². The molecule has 1 aliphatic heterocycles. The van der Waals surface area contributed by atoms with Gasteiger partial charge in [0.15, 0.2) is 0 Å². The Labute approximate surface area is 169 Å². The van der Waals surface area contributed by atoms with Gasteiger partial charge in [-0.05, 0) is 42.5 Å². The number of hydrogen-bond acceptors (Lipinski definition) is 4. The Balaban J connectivity index is 1.38. The molecule has 0 aromatic heterocycles. The lowest BCUT2D eigenvalue weighted by Crippen LogP contribution is -2.34. The molecule has 7 heteroatoms. The molecule has 1 heterocycles. The minimum absolute atomic E-state index is 0.159. The zero-order chi connectivity index (χ0) is 20.6. The van der Waals surface area contributed by atoms with Crippen LogP contribution in [-0.2, 0) is 22.4 Å². The fraction of sp³-hybridized carbons (Fsp3) is 0.318. The molecule has 1 atom stereocenters. The number of phenols is 1. The van der Waals surface area contributed by atoms with Crippen molar-refractivity contribution in [3.63, 3.8) is 0 Å². The van der Waals surface area contributed by atoms with Gasteiger partial charge in [-0.15, -0.1) is 0 Å². The maximum Gasteiger partial charge on any atom is 0.324 e. The number of benzene rings is 2. The predicted molar refractivity (Wildman–Crippen MR) is 108 cm³/mol. The number of aromatic hydroxyl groups is 1. The number of imide groups is 1. The topological polar surface area (TPSA) is 98.7 Å². The average molecular weight is 395 g/mol. The van der Waals surface area contributed by atoms with Gasteiger partial charge in [0.25, 0.3) is 5.91 Å². The number of phenolic OH excluding ortho intramolecular Hbond substituents is 1. The molecule has 0 bridgehead atoms. The molecular formula is C22H25N3O4. The van der Waals surface area contributed by atoms with Crippen molar-refractivity contribution in [1.82, 2.24) is 15.5 Å². The van der Waals surface area contributed by atoms with Crippen LogP contribution in [0.15, 0.2) is 54.6 Å². The fourth-order valence-electron chi connectivity index (χ4n) is 3.24. The van der Waals surface area contributed by atoms with Gasteiger partial charge in [0.1, 0.15) is 11.8 Å². The Morgan fingerprint density at radius 1 is 1.00 bits per heavy atom. The van der Waals surface area contributed by atoms with Gasteiger partial charge in [0, 0.05) is 19.5 Å². The summed E-state index contributed by atoms with van der Waals surface area (Å²) in [5.74, 6) is -0.227. The molecule has 0 aliphatic carbocycles. The van der Waals surface area contributed by atoms with E-state index in [4.69, 9.17) is 0 Å². The Morgan fingerprint density at radius 2 is 1.69 bits per heavy atom. The van der Waals surface area contributed by atoms with Crippen LogP contribution in [0.1, 0.15) is 24.0 Å². The van der Waals surface area contributed by atoms with Crippen molar-refractivity contribution in [2.45, 2.75) is 31.7 Å². The third kappa shape index (κ3) is 5.81. The molecule has 3 N–H and O–H groups in total. The summed E-state index contributed by atoms with van der Waals surface area (Å²) < 4.78 is 0. The molecule has 1 unspecified atom stereocenters. The number of nitrogens with one attached hydrogen (secondary N) is 2. The van der Waals surface area contributed by atoms with Crippen molar-refractivity contribution in [2.75, 3.05) is 13.1 Å². The first-order valence-corrected chi connectivity index (χ1v) is 9.73. The van der Waals surface area contributed by atoms with Crippen LogP contribution in [0.2, 0.25) is 0 Å². The second-order valence-corrected chi connectivity index (χ2v) is 7.03. The summed E-state index contributed by atoms with van der Waals surface area (Å²) in [6, 6.07) is 15.4. The molecule has 3 rings (SSSR count). The van der Waals surface area contributed by atoms with Crippen molar-refractivity contribution in [1.29, 1.82) is 0 Å². The zero-order valence-corrected chi connectivity index (χ0v) is 16.1. The van der Waals surface area contributed by atoms with E-state index in [0.717, 1.165) is 11.1 Å². The molecule has 29 heavy (non-hydrogen) atoms. The summed E-state index contributed by atoms with van der Waals surface area (Å²) in [6.45, 7) is 0.793. The second-order valence-electron chi connectivity index (χ2n) is 7.03. The SMILES string of the molecule is O=C(CCC1NC(=O)N(CCc2ccccc2)C1=O)NCCc1ccc(O)cc1. The first-order valence-electron chi connectivity index (χ1n) is 9.73. The highest BCUT2D eigenvalue weighted by Gasteiger charge is 2.37. The highest BCUT2D eigenvalue weighted by atomic mass is 16.3. The van der Waals surface area contributed by atoms with Gasteiger partial charge in [-0.1, -0.05) is 42.5 Å². The summed E-state index contributed by atoms with van der Waals surface area (Å²) in [5, 5.41) is 14.7. The van der Waals surface area contributed by atoms with Gasteiger partial charge in [0.2, 0.25) is 5.91 Å². The smallest absolute Gasteiger partial charge is 0.324 e. The molecule has 2 aromatic rings. The molecule has 0 saturated carbocycles. The molecule has 1 aliphatic rings. The predicted octanol–water partition coefficient (Wildman–Crippen LogP) is 1.99. The van der Waals surface area contributed by atoms with E-state index in [0.29, 0.717) is 25.9 Å². The first kappa shape index (κ1) is 20.4. The fourth-order valence-corrected chi connectivity index (χ4v) is 3.24. The minimum Gasteiger partial charge on any atom is -0.508 e. The molecule has 0 radical (unpaired) electrons. The van der Waals surface area contributed by atoms with Crippen LogP contribution in [0.3, 0.4) is 0 Å². The van der Waals surface area contributed by atoms with Crippen molar-refractivity contribution in [3.05, 3.63) is 65.7 Å². The number of urea groups is 1. The number of carbonyl (C=O) groups is 3. The highest BCUT2D eigenvalue weighted by Crippen LogP contribution is 2.13. The molecule has 0 spiro atoms. The van der Waals surface area contributed by atoms with Crippen LogP contribution in [0.25, 0.3) is 0 Å². The van der Waals surface area contributed by atoms with E-state index in [1.165, 1.54) is 4.90 Å². The third-order valence-corrected chi connectivity index (χ3v) is 4.91.